The molecule has 1 aromatic heterocycles. The molecule has 1 aliphatic rings. The lowest BCUT2D eigenvalue weighted by molar-refractivity contribution is 0.0955. The van der Waals surface area contributed by atoms with Gasteiger partial charge >= 0.3 is 0 Å². The summed E-state index contributed by atoms with van der Waals surface area (Å²) in [4.78, 5) is 28.5. The first-order valence-corrected chi connectivity index (χ1v) is 7.10. The normalized spacial score (nSPS) is 14.4. The SMILES string of the molecule is O=C(N/N=C1\C(=O)c2cccc3cccc1c23)c1ccncc1. The van der Waals surface area contributed by atoms with E-state index >= 15 is 0 Å². The first kappa shape index (κ1) is 13.3. The molecule has 23 heavy (non-hydrogen) atoms. The minimum Gasteiger partial charge on any atom is -0.287 e. The molecule has 4 rings (SSSR count). The number of amides is 1. The summed E-state index contributed by atoms with van der Waals surface area (Å²) in [5, 5.41) is 5.94. The van der Waals surface area contributed by atoms with E-state index in [2.05, 4.69) is 15.5 Å². The maximum atomic E-state index is 12.5. The average molecular weight is 301 g/mol. The van der Waals surface area contributed by atoms with E-state index in [1.54, 1.807) is 18.2 Å². The molecule has 1 N–H and O–H groups in total. The van der Waals surface area contributed by atoms with Gasteiger partial charge in [-0.1, -0.05) is 36.4 Å². The van der Waals surface area contributed by atoms with Crippen molar-refractivity contribution in [3.63, 3.8) is 0 Å². The van der Waals surface area contributed by atoms with Crippen LogP contribution in [0.3, 0.4) is 0 Å². The van der Waals surface area contributed by atoms with E-state index in [-0.39, 0.29) is 17.4 Å². The monoisotopic (exact) mass is 301 g/mol. The number of aromatic nitrogens is 1. The lowest BCUT2D eigenvalue weighted by Gasteiger charge is -2.01. The molecular formula is C18H11N3O2. The summed E-state index contributed by atoms with van der Waals surface area (Å²) in [5.41, 5.74) is 4.52. The highest BCUT2D eigenvalue weighted by atomic mass is 16.2. The number of pyridine rings is 1. The van der Waals surface area contributed by atoms with Crippen LogP contribution in [0.5, 0.6) is 0 Å². The largest absolute Gasteiger partial charge is 0.287 e. The molecule has 0 fully saturated rings. The van der Waals surface area contributed by atoms with Crippen molar-refractivity contribution in [2.45, 2.75) is 0 Å². The van der Waals surface area contributed by atoms with Gasteiger partial charge in [0.2, 0.25) is 5.78 Å². The number of Topliss-reactive ketones (excluding diaryl/α,β-unsaturated/α-hetero) is 1. The first-order chi connectivity index (χ1) is 11.3. The summed E-state index contributed by atoms with van der Waals surface area (Å²) < 4.78 is 0. The third kappa shape index (κ3) is 2.10. The van der Waals surface area contributed by atoms with E-state index in [1.165, 1.54) is 12.4 Å². The molecule has 110 valence electrons. The molecule has 1 heterocycles. The van der Waals surface area contributed by atoms with Crippen LogP contribution in [0.15, 0.2) is 66.0 Å². The second kappa shape index (κ2) is 5.14. The van der Waals surface area contributed by atoms with E-state index < -0.39 is 0 Å². The van der Waals surface area contributed by atoms with E-state index in [1.807, 2.05) is 30.3 Å². The van der Waals surface area contributed by atoms with E-state index in [9.17, 15) is 9.59 Å². The zero-order chi connectivity index (χ0) is 15.8. The van der Waals surface area contributed by atoms with Crippen LogP contribution in [0.1, 0.15) is 26.3 Å². The third-order valence-electron chi connectivity index (χ3n) is 3.83. The standard InChI is InChI=1S/C18H11N3O2/c22-17-14-6-2-4-11-3-1-5-13(15(11)14)16(17)20-21-18(23)12-7-9-19-10-8-12/h1-10H,(H,21,23)/b20-16-. The third-order valence-corrected chi connectivity index (χ3v) is 3.83. The van der Waals surface area contributed by atoms with Crippen LogP contribution in [0.4, 0.5) is 0 Å². The molecule has 1 aliphatic carbocycles. The van der Waals surface area contributed by atoms with Gasteiger partial charge < -0.3 is 0 Å². The van der Waals surface area contributed by atoms with E-state index in [4.69, 9.17) is 0 Å². The number of hydrazone groups is 1. The zero-order valence-electron chi connectivity index (χ0n) is 12.0. The molecule has 0 spiro atoms. The minimum atomic E-state index is -0.379. The van der Waals surface area contributed by atoms with Crippen molar-refractivity contribution in [1.29, 1.82) is 0 Å². The molecule has 0 bridgehead atoms. The Kier molecular flexibility index (Phi) is 2.98. The van der Waals surface area contributed by atoms with Gasteiger partial charge in [-0.05, 0) is 17.5 Å². The summed E-state index contributed by atoms with van der Waals surface area (Å²) in [7, 11) is 0. The molecule has 2 aromatic carbocycles. The Morgan fingerprint density at radius 3 is 2.39 bits per heavy atom. The molecular weight excluding hydrogens is 290 g/mol. The zero-order valence-corrected chi connectivity index (χ0v) is 12.0. The number of rotatable bonds is 2. The predicted molar refractivity (Wildman–Crippen MR) is 86.5 cm³/mol. The van der Waals surface area contributed by atoms with Gasteiger partial charge in [-0.25, -0.2) is 5.43 Å². The van der Waals surface area contributed by atoms with E-state index in [0.717, 1.165) is 16.3 Å². The number of hydrogen-bond donors (Lipinski definition) is 1. The fourth-order valence-corrected chi connectivity index (χ4v) is 2.76. The summed E-state index contributed by atoms with van der Waals surface area (Å²) in [6.07, 6.45) is 3.05. The molecule has 0 aliphatic heterocycles. The van der Waals surface area contributed by atoms with Gasteiger partial charge in [0.1, 0.15) is 5.71 Å². The van der Waals surface area contributed by atoms with E-state index in [0.29, 0.717) is 11.1 Å². The van der Waals surface area contributed by atoms with Gasteiger partial charge in [0.25, 0.3) is 5.91 Å². The van der Waals surface area contributed by atoms with Gasteiger partial charge in [-0.15, -0.1) is 0 Å². The second-order valence-electron chi connectivity index (χ2n) is 5.18. The van der Waals surface area contributed by atoms with Crippen LogP contribution in [0.25, 0.3) is 10.8 Å². The quantitative estimate of drug-likeness (QED) is 0.739. The van der Waals surface area contributed by atoms with Crippen molar-refractivity contribution in [1.82, 2.24) is 10.4 Å². The molecule has 5 nitrogen and oxygen atoms in total. The lowest BCUT2D eigenvalue weighted by atomic mass is 10.1. The highest BCUT2D eigenvalue weighted by Crippen LogP contribution is 2.30. The Morgan fingerprint density at radius 1 is 0.957 bits per heavy atom. The molecule has 0 radical (unpaired) electrons. The van der Waals surface area contributed by atoms with Crippen molar-refractivity contribution in [3.05, 3.63) is 77.6 Å². The highest BCUT2D eigenvalue weighted by molar-refractivity contribution is 6.59. The molecule has 3 aromatic rings. The summed E-state index contributed by atoms with van der Waals surface area (Å²) in [6.45, 7) is 0. The van der Waals surface area contributed by atoms with Crippen LogP contribution in [0, 0.1) is 0 Å². The molecule has 0 atom stereocenters. The molecule has 1 amide bonds. The van der Waals surface area contributed by atoms with Crippen molar-refractivity contribution >= 4 is 28.2 Å². The van der Waals surface area contributed by atoms with Gasteiger partial charge in [0, 0.05) is 34.5 Å². The van der Waals surface area contributed by atoms with Crippen LogP contribution in [-0.2, 0) is 0 Å². The van der Waals surface area contributed by atoms with Crippen LogP contribution < -0.4 is 5.43 Å². The Morgan fingerprint density at radius 2 is 1.65 bits per heavy atom. The predicted octanol–water partition coefficient (Wildman–Crippen LogP) is 2.57. The van der Waals surface area contributed by atoms with Crippen LogP contribution >= 0.6 is 0 Å². The highest BCUT2D eigenvalue weighted by Gasteiger charge is 2.28. The van der Waals surface area contributed by atoms with Crippen molar-refractivity contribution in [2.75, 3.05) is 0 Å². The van der Waals surface area contributed by atoms with Gasteiger partial charge in [-0.2, -0.15) is 5.10 Å². The molecule has 0 saturated heterocycles. The van der Waals surface area contributed by atoms with Gasteiger partial charge in [-0.3, -0.25) is 14.6 Å². The molecule has 0 unspecified atom stereocenters. The smallest absolute Gasteiger partial charge is 0.271 e. The Labute approximate surface area is 131 Å². The number of hydrogen-bond acceptors (Lipinski definition) is 4. The number of benzene rings is 2. The second-order valence-corrected chi connectivity index (χ2v) is 5.18. The summed E-state index contributed by atoms with van der Waals surface area (Å²) in [6, 6.07) is 14.4. The Balaban J connectivity index is 1.73. The minimum absolute atomic E-state index is 0.174. The fourth-order valence-electron chi connectivity index (χ4n) is 2.76. The topological polar surface area (TPSA) is 71.4 Å². The molecule has 5 heteroatoms. The maximum absolute atomic E-state index is 12.5. The van der Waals surface area contributed by atoms with Crippen molar-refractivity contribution in [2.24, 2.45) is 5.10 Å². The number of carbonyl (C=O) groups excluding carboxylic acids is 2. The number of nitrogens with zero attached hydrogens (tertiary/aromatic N) is 2. The summed E-state index contributed by atoms with van der Waals surface area (Å²) >= 11 is 0. The molecule has 0 saturated carbocycles. The van der Waals surface area contributed by atoms with Gasteiger partial charge in [0.15, 0.2) is 0 Å². The number of ketones is 1. The van der Waals surface area contributed by atoms with Crippen molar-refractivity contribution < 1.29 is 9.59 Å². The van der Waals surface area contributed by atoms with Crippen molar-refractivity contribution in [3.8, 4) is 0 Å². The Bertz CT molecular complexity index is 973. The Hall–Kier alpha value is -3.34. The fraction of sp³-hybridized carbons (Fsp3) is 0. The van der Waals surface area contributed by atoms with Crippen LogP contribution in [0.2, 0.25) is 0 Å². The average Bonchev–Trinajstić information content (AvgIpc) is 2.88. The van der Waals surface area contributed by atoms with Crippen LogP contribution in [-0.4, -0.2) is 22.4 Å². The number of nitrogens with one attached hydrogen (secondary N) is 1. The summed E-state index contributed by atoms with van der Waals surface area (Å²) in [5.74, 6) is -0.553. The first-order valence-electron chi connectivity index (χ1n) is 7.10. The van der Waals surface area contributed by atoms with Gasteiger partial charge in [0.05, 0.1) is 0 Å². The maximum Gasteiger partial charge on any atom is 0.271 e. The lowest BCUT2D eigenvalue weighted by Crippen LogP contribution is -2.22. The number of carbonyl (C=O) groups is 2.